The molecule has 0 aliphatic carbocycles. The van der Waals surface area contributed by atoms with E-state index in [9.17, 15) is 27.9 Å². The number of anilines is 2. The molecule has 2 aromatic carbocycles. The van der Waals surface area contributed by atoms with Crippen molar-refractivity contribution in [1.82, 2.24) is 15.3 Å². The van der Waals surface area contributed by atoms with E-state index in [-0.39, 0.29) is 11.1 Å². The number of carboxylic acids is 1. The highest BCUT2D eigenvalue weighted by molar-refractivity contribution is 7.22. The number of amides is 1. The first-order valence-corrected chi connectivity index (χ1v) is 12.5. The lowest BCUT2D eigenvalue weighted by atomic mass is 9.88. The number of carboxylic acid groups (broad SMARTS) is 1. The third-order valence-corrected chi connectivity index (χ3v) is 6.52. The number of nitrogens with one attached hydrogen (secondary N) is 2. The highest BCUT2D eigenvalue weighted by atomic mass is 32.1. The van der Waals surface area contributed by atoms with E-state index in [0.29, 0.717) is 27.5 Å². The molecule has 0 aliphatic heterocycles. The largest absolute Gasteiger partial charge is 0.480 e. The number of halogens is 3. The van der Waals surface area contributed by atoms with E-state index >= 15 is 0 Å². The maximum atomic E-state index is 12.9. The number of aliphatic carboxylic acids is 1. The average Bonchev–Trinajstić information content (AvgIpc) is 3.24. The summed E-state index contributed by atoms with van der Waals surface area (Å²) in [5.74, 6) is -1.54. The summed E-state index contributed by atoms with van der Waals surface area (Å²) in [4.78, 5) is 32.2. The predicted octanol–water partition coefficient (Wildman–Crippen LogP) is 6.74. The first-order valence-electron chi connectivity index (χ1n) is 11.6. The molecular weight excluding hydrogens is 517 g/mol. The van der Waals surface area contributed by atoms with Crippen molar-refractivity contribution in [2.24, 2.45) is 5.41 Å². The van der Waals surface area contributed by atoms with Crippen molar-refractivity contribution >= 4 is 44.4 Å². The molecule has 0 fully saturated rings. The second-order valence-corrected chi connectivity index (χ2v) is 11.0. The van der Waals surface area contributed by atoms with Crippen LogP contribution in [0.2, 0.25) is 0 Å². The monoisotopic (exact) mass is 542 g/mol. The lowest BCUT2D eigenvalue weighted by Crippen LogP contribution is -2.43. The van der Waals surface area contributed by atoms with Crippen LogP contribution < -0.4 is 10.6 Å². The molecule has 0 saturated heterocycles. The van der Waals surface area contributed by atoms with Gasteiger partial charge in [-0.05, 0) is 53.3 Å². The van der Waals surface area contributed by atoms with Gasteiger partial charge in [0.25, 0.3) is 5.91 Å². The van der Waals surface area contributed by atoms with Gasteiger partial charge in [-0.2, -0.15) is 18.2 Å². The number of hydrogen-bond donors (Lipinski definition) is 3. The zero-order valence-electron chi connectivity index (χ0n) is 20.8. The van der Waals surface area contributed by atoms with E-state index in [0.717, 1.165) is 34.7 Å². The van der Waals surface area contributed by atoms with E-state index in [1.54, 1.807) is 36.4 Å². The van der Waals surface area contributed by atoms with Gasteiger partial charge in [0.2, 0.25) is 0 Å². The van der Waals surface area contributed by atoms with Gasteiger partial charge >= 0.3 is 12.1 Å². The number of aromatic nitrogens is 2. The molecule has 1 atom stereocenters. The molecule has 11 heteroatoms. The molecule has 198 valence electrons. The summed E-state index contributed by atoms with van der Waals surface area (Å²) in [6.45, 7) is 5.73. The van der Waals surface area contributed by atoms with Crippen molar-refractivity contribution in [2.75, 3.05) is 5.32 Å². The van der Waals surface area contributed by atoms with Crippen LogP contribution in [0, 0.1) is 5.41 Å². The fourth-order valence-electron chi connectivity index (χ4n) is 3.77. The quantitative estimate of drug-likeness (QED) is 0.239. The Balaban J connectivity index is 1.42. The van der Waals surface area contributed by atoms with Crippen LogP contribution in [0.1, 0.15) is 43.1 Å². The van der Waals surface area contributed by atoms with E-state index in [1.165, 1.54) is 0 Å². The molecule has 0 bridgehead atoms. The van der Waals surface area contributed by atoms with Crippen molar-refractivity contribution in [3.63, 3.8) is 0 Å². The van der Waals surface area contributed by atoms with Gasteiger partial charge in [0.15, 0.2) is 10.8 Å². The number of benzene rings is 2. The molecule has 2 aromatic heterocycles. The van der Waals surface area contributed by atoms with Gasteiger partial charge in [-0.1, -0.05) is 56.4 Å². The Morgan fingerprint density at radius 3 is 2.16 bits per heavy atom. The number of carbonyl (C=O) groups excluding carboxylic acids is 1. The number of alkyl halides is 3. The Kier molecular flexibility index (Phi) is 7.41. The number of nitrogens with zero attached hydrogens (tertiary/aromatic N) is 2. The van der Waals surface area contributed by atoms with Gasteiger partial charge < -0.3 is 15.7 Å². The van der Waals surface area contributed by atoms with Crippen LogP contribution in [0.4, 0.5) is 24.0 Å². The normalized spacial score (nSPS) is 12.8. The highest BCUT2D eigenvalue weighted by Crippen LogP contribution is 2.34. The van der Waals surface area contributed by atoms with Crippen molar-refractivity contribution in [2.45, 2.75) is 39.4 Å². The lowest BCUT2D eigenvalue weighted by molar-refractivity contribution is -0.140. The third-order valence-electron chi connectivity index (χ3n) is 5.61. The number of fused-ring (bicyclic) bond motifs is 1. The van der Waals surface area contributed by atoms with Gasteiger partial charge in [0.1, 0.15) is 6.04 Å². The molecular formula is C27H25F3N4O3S. The summed E-state index contributed by atoms with van der Waals surface area (Å²) in [5, 5.41) is 15.5. The van der Waals surface area contributed by atoms with Gasteiger partial charge in [-0.25, -0.2) is 9.78 Å². The summed E-state index contributed by atoms with van der Waals surface area (Å²) in [7, 11) is 0. The van der Waals surface area contributed by atoms with Crippen molar-refractivity contribution in [1.29, 1.82) is 0 Å². The van der Waals surface area contributed by atoms with E-state index in [1.807, 2.05) is 32.9 Å². The lowest BCUT2D eigenvalue weighted by Gasteiger charge is -2.24. The third kappa shape index (κ3) is 6.65. The van der Waals surface area contributed by atoms with Crippen LogP contribution in [0.3, 0.4) is 0 Å². The molecule has 7 nitrogen and oxygen atoms in total. The second kappa shape index (κ2) is 10.4. The Bertz CT molecular complexity index is 1460. The standard InChI is InChI=1S/C27H25F3N4O3S/c1-26(2,3)13-20(24(36)37)33-23(35)17-6-4-15(5-7-17)16-8-10-19(11-9-16)32-25-34-22-21(38-25)12-18(14-31-22)27(28,29)30/h4-12,14,20H,13H2,1-3H3,(H,33,35)(H,36,37)(H,31,32,34)/t20-/m0/s1. The molecule has 0 radical (unpaired) electrons. The van der Waals surface area contributed by atoms with Gasteiger partial charge in [-0.15, -0.1) is 0 Å². The first-order chi connectivity index (χ1) is 17.8. The maximum Gasteiger partial charge on any atom is 0.417 e. The molecule has 1 amide bonds. The predicted molar refractivity (Wildman–Crippen MR) is 141 cm³/mol. The molecule has 0 spiro atoms. The van der Waals surface area contributed by atoms with Gasteiger partial charge in [0.05, 0.1) is 10.3 Å². The first kappa shape index (κ1) is 27.1. The SMILES string of the molecule is CC(C)(C)C[C@H](NC(=O)c1ccc(-c2ccc(Nc3nc4ncc(C(F)(F)F)cc4s3)cc2)cc1)C(=O)O. The summed E-state index contributed by atoms with van der Waals surface area (Å²) < 4.78 is 39.1. The van der Waals surface area contributed by atoms with Crippen molar-refractivity contribution in [3.8, 4) is 11.1 Å². The van der Waals surface area contributed by atoms with Gasteiger partial charge in [-0.3, -0.25) is 4.79 Å². The van der Waals surface area contributed by atoms with Crippen molar-refractivity contribution in [3.05, 3.63) is 71.9 Å². The number of carbonyl (C=O) groups is 2. The Morgan fingerprint density at radius 1 is 1.00 bits per heavy atom. The summed E-state index contributed by atoms with van der Waals surface area (Å²) in [6.07, 6.45) is -3.40. The van der Waals surface area contributed by atoms with E-state index in [4.69, 9.17) is 0 Å². The molecule has 0 unspecified atom stereocenters. The minimum absolute atomic E-state index is 0.235. The highest BCUT2D eigenvalue weighted by Gasteiger charge is 2.31. The minimum atomic E-state index is -4.47. The Labute approximate surface area is 220 Å². The minimum Gasteiger partial charge on any atom is -0.480 e. The molecule has 38 heavy (non-hydrogen) atoms. The van der Waals surface area contributed by atoms with Crippen molar-refractivity contribution < 1.29 is 27.9 Å². The number of rotatable bonds is 7. The molecule has 0 saturated carbocycles. The number of pyridine rings is 1. The molecule has 4 rings (SSSR count). The Morgan fingerprint density at radius 2 is 1.61 bits per heavy atom. The fraction of sp³-hybridized carbons (Fsp3) is 0.259. The van der Waals surface area contributed by atoms with Gasteiger partial charge in [0, 0.05) is 17.4 Å². The summed E-state index contributed by atoms with van der Waals surface area (Å²) >= 11 is 1.08. The fourth-order valence-corrected chi connectivity index (χ4v) is 4.65. The Hall–Kier alpha value is -3.99. The average molecular weight is 543 g/mol. The van der Waals surface area contributed by atoms with Crippen LogP contribution in [0.25, 0.3) is 21.5 Å². The van der Waals surface area contributed by atoms with Crippen LogP contribution in [-0.4, -0.2) is 33.0 Å². The summed E-state index contributed by atoms with van der Waals surface area (Å²) in [6, 6.07) is 14.2. The van der Waals surface area contributed by atoms with E-state index < -0.39 is 29.7 Å². The second-order valence-electron chi connectivity index (χ2n) is 9.97. The maximum absolute atomic E-state index is 12.9. The smallest absolute Gasteiger partial charge is 0.417 e. The van der Waals surface area contributed by atoms with E-state index in [2.05, 4.69) is 20.6 Å². The number of hydrogen-bond acceptors (Lipinski definition) is 6. The van der Waals surface area contributed by atoms with Crippen LogP contribution >= 0.6 is 11.3 Å². The molecule has 3 N–H and O–H groups in total. The number of thiazole rings is 1. The van der Waals surface area contributed by atoms with Crippen LogP contribution in [0.5, 0.6) is 0 Å². The zero-order valence-corrected chi connectivity index (χ0v) is 21.6. The zero-order chi connectivity index (χ0) is 27.7. The molecule has 2 heterocycles. The molecule has 4 aromatic rings. The topological polar surface area (TPSA) is 104 Å². The van der Waals surface area contributed by atoms with Crippen LogP contribution in [0.15, 0.2) is 60.8 Å². The summed E-state index contributed by atoms with van der Waals surface area (Å²) in [5.41, 5.74) is 1.92. The van der Waals surface area contributed by atoms with Crippen LogP contribution in [-0.2, 0) is 11.0 Å². The molecule has 0 aliphatic rings.